The number of methoxy groups -OCH3 is 2. The van der Waals surface area contributed by atoms with E-state index in [2.05, 4.69) is 59.6 Å². The van der Waals surface area contributed by atoms with Gasteiger partial charge < -0.3 is 19.7 Å². The average molecular weight is 425 g/mol. The minimum absolute atomic E-state index is 0.636. The average Bonchev–Trinajstić information content (AvgIpc) is 2.82. The molecule has 1 N–H and O–H groups in total. The van der Waals surface area contributed by atoms with Crippen molar-refractivity contribution >= 4 is 0 Å². The molecule has 1 aliphatic rings. The van der Waals surface area contributed by atoms with E-state index in [1.54, 1.807) is 14.2 Å². The molecule has 3 rings (SSSR count). The van der Waals surface area contributed by atoms with E-state index >= 15 is 0 Å². The summed E-state index contributed by atoms with van der Waals surface area (Å²) in [6.45, 7) is 6.85. The zero-order valence-electron chi connectivity index (χ0n) is 19.7. The normalized spacial score (nSPS) is 15.7. The molecule has 31 heavy (non-hydrogen) atoms. The van der Waals surface area contributed by atoms with Crippen LogP contribution in [0.1, 0.15) is 49.3 Å². The van der Waals surface area contributed by atoms with E-state index in [0.717, 1.165) is 43.9 Å². The van der Waals surface area contributed by atoms with Gasteiger partial charge in [0, 0.05) is 11.6 Å². The van der Waals surface area contributed by atoms with Crippen LogP contribution in [-0.2, 0) is 19.3 Å². The Morgan fingerprint density at radius 3 is 2.55 bits per heavy atom. The van der Waals surface area contributed by atoms with Crippen molar-refractivity contribution in [2.24, 2.45) is 0 Å². The van der Waals surface area contributed by atoms with Gasteiger partial charge in [-0.2, -0.15) is 0 Å². The first-order valence-electron chi connectivity index (χ1n) is 12.0. The first kappa shape index (κ1) is 23.6. The fourth-order valence-corrected chi connectivity index (χ4v) is 4.81. The Kier molecular flexibility index (Phi) is 9.70. The molecule has 2 aromatic rings. The van der Waals surface area contributed by atoms with E-state index in [1.165, 1.54) is 55.5 Å². The van der Waals surface area contributed by atoms with Crippen molar-refractivity contribution < 1.29 is 9.47 Å². The molecule has 0 bridgehead atoms. The Bertz CT molecular complexity index is 778. The van der Waals surface area contributed by atoms with Crippen molar-refractivity contribution in [2.75, 3.05) is 40.4 Å². The van der Waals surface area contributed by atoms with Crippen LogP contribution in [0, 0.1) is 0 Å². The van der Waals surface area contributed by atoms with Gasteiger partial charge in [0.1, 0.15) is 0 Å². The molecule has 0 aromatic heterocycles. The van der Waals surface area contributed by atoms with Gasteiger partial charge in [-0.3, -0.25) is 0 Å². The molecule has 1 aliphatic carbocycles. The lowest BCUT2D eigenvalue weighted by atomic mass is 9.86. The number of benzene rings is 2. The van der Waals surface area contributed by atoms with Crippen molar-refractivity contribution in [2.45, 2.75) is 57.9 Å². The summed E-state index contributed by atoms with van der Waals surface area (Å²) in [5, 5.41) is 3.61. The lowest BCUT2D eigenvalue weighted by molar-refractivity contribution is 0.175. The van der Waals surface area contributed by atoms with Gasteiger partial charge in [-0.05, 0) is 88.3 Å². The predicted octanol–water partition coefficient (Wildman–Crippen LogP) is 4.89. The van der Waals surface area contributed by atoms with E-state index in [1.807, 2.05) is 0 Å². The highest BCUT2D eigenvalue weighted by Crippen LogP contribution is 2.38. The summed E-state index contributed by atoms with van der Waals surface area (Å²) in [5.41, 5.74) is 4.19. The van der Waals surface area contributed by atoms with Crippen LogP contribution in [0.25, 0.3) is 0 Å². The van der Waals surface area contributed by atoms with Crippen LogP contribution in [0.2, 0.25) is 0 Å². The van der Waals surface area contributed by atoms with Crippen molar-refractivity contribution in [3.05, 3.63) is 59.2 Å². The van der Waals surface area contributed by atoms with Crippen molar-refractivity contribution in [3.63, 3.8) is 0 Å². The summed E-state index contributed by atoms with van der Waals surface area (Å²) in [6, 6.07) is 15.7. The third-order valence-electron chi connectivity index (χ3n) is 6.44. The number of hydrogen-bond donors (Lipinski definition) is 1. The standard InChI is InChI=1S/C27H40N2O2/c1-4-19-29(20-9-8-17-28-18-16-22-10-6-5-7-11-22)24-13-14-25-23(21-24)12-15-26(30-2)27(25)31-3/h5-7,10-12,15,24,28H,4,8-9,13-14,16-21H2,1-3H3/t24-/m0/s1. The molecule has 170 valence electrons. The molecule has 0 spiro atoms. The van der Waals surface area contributed by atoms with Gasteiger partial charge in [-0.15, -0.1) is 0 Å². The number of hydrogen-bond acceptors (Lipinski definition) is 4. The monoisotopic (exact) mass is 424 g/mol. The molecule has 0 saturated carbocycles. The fourth-order valence-electron chi connectivity index (χ4n) is 4.81. The SMILES string of the molecule is CCCN(CCCCNCCc1ccccc1)[C@H]1CCc2c(ccc(OC)c2OC)C1. The predicted molar refractivity (Wildman–Crippen MR) is 129 cm³/mol. The summed E-state index contributed by atoms with van der Waals surface area (Å²) in [7, 11) is 3.47. The molecule has 0 radical (unpaired) electrons. The first-order chi connectivity index (χ1) is 15.3. The van der Waals surface area contributed by atoms with Gasteiger partial charge >= 0.3 is 0 Å². The number of fused-ring (bicyclic) bond motifs is 1. The molecule has 0 saturated heterocycles. The van der Waals surface area contributed by atoms with Crippen LogP contribution in [-0.4, -0.2) is 51.3 Å². The molecule has 2 aromatic carbocycles. The van der Waals surface area contributed by atoms with Gasteiger partial charge in [0.2, 0.25) is 0 Å². The molecule has 0 fully saturated rings. The number of unbranched alkanes of at least 4 members (excludes halogenated alkanes) is 1. The van der Waals surface area contributed by atoms with Gasteiger partial charge in [0.15, 0.2) is 11.5 Å². The largest absolute Gasteiger partial charge is 0.493 e. The van der Waals surface area contributed by atoms with E-state index in [9.17, 15) is 0 Å². The van der Waals surface area contributed by atoms with Gasteiger partial charge in [-0.25, -0.2) is 0 Å². The maximum absolute atomic E-state index is 5.67. The highest BCUT2D eigenvalue weighted by molar-refractivity contribution is 5.52. The summed E-state index contributed by atoms with van der Waals surface area (Å²) in [4.78, 5) is 2.73. The van der Waals surface area contributed by atoms with Crippen molar-refractivity contribution in [1.82, 2.24) is 10.2 Å². The van der Waals surface area contributed by atoms with E-state index in [0.29, 0.717) is 6.04 Å². The zero-order valence-corrected chi connectivity index (χ0v) is 19.7. The third-order valence-corrected chi connectivity index (χ3v) is 6.44. The second kappa shape index (κ2) is 12.7. The van der Waals surface area contributed by atoms with E-state index in [-0.39, 0.29) is 0 Å². The second-order valence-electron chi connectivity index (χ2n) is 8.56. The Labute approximate surface area is 188 Å². The molecule has 4 nitrogen and oxygen atoms in total. The summed E-state index contributed by atoms with van der Waals surface area (Å²) in [6.07, 6.45) is 8.21. The minimum atomic E-state index is 0.636. The quantitative estimate of drug-likeness (QED) is 0.465. The fraction of sp³-hybridized carbons (Fsp3) is 0.556. The number of nitrogens with zero attached hydrogens (tertiary/aromatic N) is 1. The van der Waals surface area contributed by atoms with Crippen LogP contribution in [0.3, 0.4) is 0 Å². The molecule has 1 atom stereocenters. The molecular formula is C27H40N2O2. The van der Waals surface area contributed by atoms with Gasteiger partial charge in [-0.1, -0.05) is 43.3 Å². The van der Waals surface area contributed by atoms with Crippen LogP contribution in [0.5, 0.6) is 11.5 Å². The molecule has 0 heterocycles. The van der Waals surface area contributed by atoms with Gasteiger partial charge in [0.05, 0.1) is 14.2 Å². The maximum atomic E-state index is 5.67. The summed E-state index contributed by atoms with van der Waals surface area (Å²) >= 11 is 0. The summed E-state index contributed by atoms with van der Waals surface area (Å²) < 4.78 is 11.2. The topological polar surface area (TPSA) is 33.7 Å². The van der Waals surface area contributed by atoms with Crippen LogP contribution in [0.4, 0.5) is 0 Å². The first-order valence-corrected chi connectivity index (χ1v) is 12.0. The van der Waals surface area contributed by atoms with Crippen LogP contribution >= 0.6 is 0 Å². The number of nitrogens with one attached hydrogen (secondary N) is 1. The Balaban J connectivity index is 1.43. The molecular weight excluding hydrogens is 384 g/mol. The number of rotatable bonds is 13. The molecule has 4 heteroatoms. The van der Waals surface area contributed by atoms with Crippen molar-refractivity contribution in [1.29, 1.82) is 0 Å². The highest BCUT2D eigenvalue weighted by Gasteiger charge is 2.26. The molecule has 0 aliphatic heterocycles. The lowest BCUT2D eigenvalue weighted by Gasteiger charge is -2.36. The Morgan fingerprint density at radius 1 is 0.968 bits per heavy atom. The molecule has 0 amide bonds. The Morgan fingerprint density at radius 2 is 1.81 bits per heavy atom. The maximum Gasteiger partial charge on any atom is 0.164 e. The summed E-state index contributed by atoms with van der Waals surface area (Å²) in [5.74, 6) is 1.78. The number of ether oxygens (including phenoxy) is 2. The van der Waals surface area contributed by atoms with Crippen LogP contribution in [0.15, 0.2) is 42.5 Å². The minimum Gasteiger partial charge on any atom is -0.493 e. The highest BCUT2D eigenvalue weighted by atomic mass is 16.5. The second-order valence-corrected chi connectivity index (χ2v) is 8.56. The van der Waals surface area contributed by atoms with Gasteiger partial charge in [0.25, 0.3) is 0 Å². The molecule has 0 unspecified atom stereocenters. The smallest absolute Gasteiger partial charge is 0.164 e. The van der Waals surface area contributed by atoms with E-state index in [4.69, 9.17) is 9.47 Å². The van der Waals surface area contributed by atoms with E-state index < -0.39 is 0 Å². The zero-order chi connectivity index (χ0) is 21.9. The lowest BCUT2D eigenvalue weighted by Crippen LogP contribution is -2.40. The van der Waals surface area contributed by atoms with Crippen LogP contribution < -0.4 is 14.8 Å². The Hall–Kier alpha value is -2.04. The van der Waals surface area contributed by atoms with Crippen molar-refractivity contribution in [3.8, 4) is 11.5 Å². The third kappa shape index (κ3) is 6.72.